The van der Waals surface area contributed by atoms with Crippen molar-refractivity contribution < 1.29 is 14.6 Å². The lowest BCUT2D eigenvalue weighted by Gasteiger charge is -2.36. The fourth-order valence-electron chi connectivity index (χ4n) is 5.26. The maximum Gasteiger partial charge on any atom is 0.251 e. The molecular formula is C25H35N11O3S. The number of hydrogen-bond donors (Lipinski definition) is 4. The highest BCUT2D eigenvalue weighted by Crippen LogP contribution is 2.40. The van der Waals surface area contributed by atoms with Crippen molar-refractivity contribution in [2.45, 2.75) is 43.7 Å². The number of β-amino-alcohol motifs (C(OH)–C–C–N with tert-alkyl or cyclic N) is 1. The summed E-state index contributed by atoms with van der Waals surface area (Å²) in [6.07, 6.45) is 3.48. The molecule has 2 saturated heterocycles. The molecule has 2 aliphatic heterocycles. The quantitative estimate of drug-likeness (QED) is 0.278. The van der Waals surface area contributed by atoms with Crippen LogP contribution in [0.25, 0.3) is 0 Å². The number of aliphatic hydroxyl groups is 1. The normalized spacial score (nSPS) is 23.5. The van der Waals surface area contributed by atoms with E-state index in [4.69, 9.17) is 19.7 Å². The summed E-state index contributed by atoms with van der Waals surface area (Å²) in [5.74, 6) is 2.05. The molecule has 1 amide bonds. The van der Waals surface area contributed by atoms with E-state index in [-0.39, 0.29) is 18.9 Å². The molecule has 6 rings (SSSR count). The number of carbonyl (C=O) groups is 1. The second-order valence-corrected chi connectivity index (χ2v) is 11.6. The average Bonchev–Trinajstić information content (AvgIpc) is 3.31. The minimum Gasteiger partial charge on any atom is -0.391 e. The number of anilines is 5. The Labute approximate surface area is 236 Å². The first-order valence-electron chi connectivity index (χ1n) is 13.6. The zero-order valence-corrected chi connectivity index (χ0v) is 23.5. The predicted octanol–water partition coefficient (Wildman–Crippen LogP) is 1.41. The summed E-state index contributed by atoms with van der Waals surface area (Å²) in [6, 6.07) is 1.99. The largest absolute Gasteiger partial charge is 0.391 e. The van der Waals surface area contributed by atoms with E-state index in [9.17, 15) is 9.90 Å². The van der Waals surface area contributed by atoms with Gasteiger partial charge >= 0.3 is 0 Å². The van der Waals surface area contributed by atoms with Gasteiger partial charge in [-0.3, -0.25) is 20.1 Å². The minimum absolute atomic E-state index is 0.212. The van der Waals surface area contributed by atoms with Crippen molar-refractivity contribution in [2.75, 3.05) is 73.4 Å². The molecular weight excluding hydrogens is 534 g/mol. The van der Waals surface area contributed by atoms with Crippen molar-refractivity contribution in [1.29, 1.82) is 0 Å². The number of thiazole rings is 1. The molecule has 3 fully saturated rings. The summed E-state index contributed by atoms with van der Waals surface area (Å²) in [5, 5.41) is 26.6. The molecule has 15 heteroatoms. The highest BCUT2D eigenvalue weighted by Gasteiger charge is 2.49. The number of ether oxygens (including phenoxy) is 1. The van der Waals surface area contributed by atoms with Gasteiger partial charge in [0.15, 0.2) is 10.9 Å². The lowest BCUT2D eigenvalue weighted by molar-refractivity contribution is -0.120. The molecule has 1 saturated carbocycles. The summed E-state index contributed by atoms with van der Waals surface area (Å²) in [6.45, 7) is 6.77. The Morgan fingerprint density at radius 2 is 2.02 bits per heavy atom. The van der Waals surface area contributed by atoms with Crippen LogP contribution in [0.4, 0.5) is 28.8 Å². The van der Waals surface area contributed by atoms with E-state index in [1.54, 1.807) is 30.5 Å². The highest BCUT2D eigenvalue weighted by molar-refractivity contribution is 7.13. The fraction of sp³-hybridized carbons (Fsp3) is 0.600. The van der Waals surface area contributed by atoms with Crippen molar-refractivity contribution in [3.63, 3.8) is 0 Å². The van der Waals surface area contributed by atoms with Crippen LogP contribution in [0.3, 0.4) is 0 Å². The molecule has 0 spiro atoms. The number of amides is 1. The smallest absolute Gasteiger partial charge is 0.251 e. The molecule has 3 aromatic heterocycles. The standard InChI is InChI=1S/C25H35N11O3S/c1-25(20(38)28-24-26-5-12-40-24)14-17(37)15-36(25)23-30-21(27-19-13-18(32-33-19)16-3-4-16)29-22(31-23)35-8-6-34(7-9-35)10-11-39-2/h5,12-13,16-17,37H,3-4,6-11,14-15H2,1-2H3,(H,26,28,38)(H2,27,29,30,31,32,33). The Kier molecular flexibility index (Phi) is 7.53. The topological polar surface area (TPSA) is 161 Å². The summed E-state index contributed by atoms with van der Waals surface area (Å²) < 4.78 is 5.23. The van der Waals surface area contributed by atoms with Crippen LogP contribution in [-0.4, -0.2) is 111 Å². The van der Waals surface area contributed by atoms with Gasteiger partial charge in [-0.1, -0.05) is 0 Å². The van der Waals surface area contributed by atoms with Crippen LogP contribution in [0, 0.1) is 0 Å². The van der Waals surface area contributed by atoms with Crippen LogP contribution in [0.5, 0.6) is 0 Å². The van der Waals surface area contributed by atoms with E-state index in [2.05, 4.69) is 35.6 Å². The van der Waals surface area contributed by atoms with Crippen molar-refractivity contribution >= 4 is 46.0 Å². The number of piperazine rings is 1. The number of hydrogen-bond acceptors (Lipinski definition) is 13. The number of nitrogens with one attached hydrogen (secondary N) is 3. The van der Waals surface area contributed by atoms with Crippen LogP contribution in [0.1, 0.15) is 37.8 Å². The first kappa shape index (κ1) is 26.8. The molecule has 3 aliphatic rings. The van der Waals surface area contributed by atoms with Gasteiger partial charge in [-0.2, -0.15) is 20.1 Å². The Bertz CT molecular complexity index is 1310. The first-order valence-corrected chi connectivity index (χ1v) is 14.5. The van der Waals surface area contributed by atoms with E-state index in [0.29, 0.717) is 41.3 Å². The third-order valence-corrected chi connectivity index (χ3v) is 8.43. The zero-order valence-electron chi connectivity index (χ0n) is 22.7. The number of aliphatic hydroxyl groups excluding tert-OH is 1. The van der Waals surface area contributed by atoms with Crippen molar-refractivity contribution in [3.05, 3.63) is 23.3 Å². The van der Waals surface area contributed by atoms with Gasteiger partial charge in [-0.05, 0) is 19.8 Å². The van der Waals surface area contributed by atoms with E-state index in [0.717, 1.165) is 51.3 Å². The Morgan fingerprint density at radius 3 is 2.75 bits per heavy atom. The number of H-pyrrole nitrogens is 1. The van der Waals surface area contributed by atoms with Crippen molar-refractivity contribution in [2.24, 2.45) is 0 Å². The van der Waals surface area contributed by atoms with Gasteiger partial charge in [0.2, 0.25) is 17.8 Å². The van der Waals surface area contributed by atoms with Crippen LogP contribution in [-0.2, 0) is 9.53 Å². The molecule has 40 heavy (non-hydrogen) atoms. The van der Waals surface area contributed by atoms with Gasteiger partial charge < -0.3 is 25.0 Å². The molecule has 3 aromatic rings. The third kappa shape index (κ3) is 5.73. The number of methoxy groups -OCH3 is 1. The Balaban J connectivity index is 1.29. The summed E-state index contributed by atoms with van der Waals surface area (Å²) >= 11 is 1.34. The van der Waals surface area contributed by atoms with Gasteiger partial charge in [-0.25, -0.2) is 4.98 Å². The molecule has 214 valence electrons. The van der Waals surface area contributed by atoms with Crippen LogP contribution < -0.4 is 20.4 Å². The molecule has 2 atom stereocenters. The zero-order chi connectivity index (χ0) is 27.7. The van der Waals surface area contributed by atoms with E-state index in [1.807, 2.05) is 6.07 Å². The molecule has 1 aliphatic carbocycles. The third-order valence-electron chi connectivity index (χ3n) is 7.74. The number of rotatable bonds is 10. The van der Waals surface area contributed by atoms with E-state index >= 15 is 0 Å². The summed E-state index contributed by atoms with van der Waals surface area (Å²) in [5.41, 5.74) is 0.00367. The van der Waals surface area contributed by atoms with Gasteiger partial charge in [0.25, 0.3) is 5.91 Å². The van der Waals surface area contributed by atoms with Gasteiger partial charge in [-0.15, -0.1) is 11.3 Å². The fourth-order valence-corrected chi connectivity index (χ4v) is 5.79. The SMILES string of the molecule is COCCN1CCN(c2nc(Nc3cc(C4CC4)[nH]n3)nc(N3CC(O)CC3(C)C(=O)Nc3nccs3)n2)CC1. The van der Waals surface area contributed by atoms with E-state index in [1.165, 1.54) is 11.3 Å². The highest BCUT2D eigenvalue weighted by atomic mass is 32.1. The summed E-state index contributed by atoms with van der Waals surface area (Å²) in [4.78, 5) is 38.2. The molecule has 0 bridgehead atoms. The lowest BCUT2D eigenvalue weighted by Crippen LogP contribution is -2.52. The number of aromatic nitrogens is 6. The lowest BCUT2D eigenvalue weighted by atomic mass is 9.97. The van der Waals surface area contributed by atoms with Gasteiger partial charge in [0.05, 0.1) is 12.7 Å². The summed E-state index contributed by atoms with van der Waals surface area (Å²) in [7, 11) is 1.71. The van der Waals surface area contributed by atoms with Crippen LogP contribution in [0.2, 0.25) is 0 Å². The molecule has 0 aromatic carbocycles. The van der Waals surface area contributed by atoms with E-state index < -0.39 is 11.6 Å². The number of nitrogens with zero attached hydrogens (tertiary/aromatic N) is 8. The molecule has 5 heterocycles. The first-order chi connectivity index (χ1) is 19.4. The molecule has 2 unspecified atom stereocenters. The van der Waals surface area contributed by atoms with Crippen LogP contribution in [0.15, 0.2) is 17.6 Å². The van der Waals surface area contributed by atoms with Crippen molar-refractivity contribution in [3.8, 4) is 0 Å². The van der Waals surface area contributed by atoms with Gasteiger partial charge in [0, 0.05) is 82.1 Å². The molecule has 14 nitrogen and oxygen atoms in total. The molecule has 0 radical (unpaired) electrons. The van der Waals surface area contributed by atoms with Gasteiger partial charge in [0.1, 0.15) is 5.54 Å². The predicted molar refractivity (Wildman–Crippen MR) is 151 cm³/mol. The average molecular weight is 570 g/mol. The second-order valence-electron chi connectivity index (χ2n) is 10.7. The second kappa shape index (κ2) is 11.2. The minimum atomic E-state index is -1.09. The maximum absolute atomic E-state index is 13.5. The monoisotopic (exact) mass is 569 g/mol. The Morgan fingerprint density at radius 1 is 1.23 bits per heavy atom. The van der Waals surface area contributed by atoms with Crippen LogP contribution >= 0.6 is 11.3 Å². The number of carbonyl (C=O) groups excluding carboxylic acids is 1. The Hall–Kier alpha value is -3.40. The van der Waals surface area contributed by atoms with Crippen molar-refractivity contribution in [1.82, 2.24) is 35.0 Å². The number of aromatic amines is 1. The molecule has 4 N–H and O–H groups in total. The maximum atomic E-state index is 13.5.